The lowest BCUT2D eigenvalue weighted by Crippen LogP contribution is -2.38. The van der Waals surface area contributed by atoms with Crippen molar-refractivity contribution >= 4 is 35.3 Å². The molecule has 5 nitrogen and oxygen atoms in total. The number of hydrogen-bond acceptors (Lipinski definition) is 7. The lowest BCUT2D eigenvalue weighted by atomic mass is 10.1. The van der Waals surface area contributed by atoms with Crippen LogP contribution in [0, 0.1) is 0 Å². The van der Waals surface area contributed by atoms with Crippen molar-refractivity contribution in [2.24, 2.45) is 0 Å². The SMILES string of the molecule is CN(C)Sc1ccc(SNc2ccccc2N2CCC(Oc3ccncc3)CC2)cc1. The molecular formula is C24H28N4OS2. The summed E-state index contributed by atoms with van der Waals surface area (Å²) in [7, 11) is 4.11. The summed E-state index contributed by atoms with van der Waals surface area (Å²) in [5.41, 5.74) is 2.39. The van der Waals surface area contributed by atoms with E-state index in [0.717, 1.165) is 37.4 Å². The lowest BCUT2D eigenvalue weighted by molar-refractivity contribution is 0.171. The fourth-order valence-corrected chi connectivity index (χ4v) is 4.90. The van der Waals surface area contributed by atoms with E-state index in [1.54, 1.807) is 36.3 Å². The van der Waals surface area contributed by atoms with Gasteiger partial charge in [0.05, 0.1) is 11.4 Å². The summed E-state index contributed by atoms with van der Waals surface area (Å²) < 4.78 is 11.8. The van der Waals surface area contributed by atoms with E-state index in [1.165, 1.54) is 15.5 Å². The number of benzene rings is 2. The predicted octanol–water partition coefficient (Wildman–Crippen LogP) is 5.82. The average molecular weight is 453 g/mol. The fraction of sp³-hybridized carbons (Fsp3) is 0.292. The summed E-state index contributed by atoms with van der Waals surface area (Å²) in [6.45, 7) is 1.96. The van der Waals surface area contributed by atoms with Crippen LogP contribution in [0.25, 0.3) is 0 Å². The monoisotopic (exact) mass is 452 g/mol. The van der Waals surface area contributed by atoms with E-state index >= 15 is 0 Å². The lowest BCUT2D eigenvalue weighted by Gasteiger charge is -2.34. The molecule has 1 N–H and O–H groups in total. The van der Waals surface area contributed by atoms with Crippen LogP contribution < -0.4 is 14.4 Å². The van der Waals surface area contributed by atoms with E-state index in [1.807, 2.05) is 12.1 Å². The molecule has 1 aliphatic heterocycles. The largest absolute Gasteiger partial charge is 0.490 e. The average Bonchev–Trinajstić information content (AvgIpc) is 2.80. The van der Waals surface area contributed by atoms with Gasteiger partial charge >= 0.3 is 0 Å². The molecule has 1 aliphatic rings. The zero-order chi connectivity index (χ0) is 21.5. The van der Waals surface area contributed by atoms with Crippen molar-refractivity contribution in [3.8, 4) is 5.75 Å². The van der Waals surface area contributed by atoms with E-state index in [4.69, 9.17) is 4.74 Å². The summed E-state index contributed by atoms with van der Waals surface area (Å²) in [5.74, 6) is 0.905. The van der Waals surface area contributed by atoms with Crippen LogP contribution in [0.2, 0.25) is 0 Å². The van der Waals surface area contributed by atoms with Gasteiger partial charge in [-0.05, 0) is 86.5 Å². The Morgan fingerprint density at radius 2 is 1.61 bits per heavy atom. The Kier molecular flexibility index (Phi) is 7.61. The number of para-hydroxylation sites is 2. The van der Waals surface area contributed by atoms with Crippen molar-refractivity contribution in [3.63, 3.8) is 0 Å². The minimum atomic E-state index is 0.256. The minimum absolute atomic E-state index is 0.256. The Hall–Kier alpha value is -2.35. The first-order valence-corrected chi connectivity index (χ1v) is 12.1. The molecule has 1 aromatic heterocycles. The van der Waals surface area contributed by atoms with Crippen molar-refractivity contribution in [1.82, 2.24) is 9.29 Å². The smallest absolute Gasteiger partial charge is 0.122 e. The van der Waals surface area contributed by atoms with Gasteiger partial charge < -0.3 is 14.4 Å². The molecule has 162 valence electrons. The molecule has 4 rings (SSSR count). The maximum Gasteiger partial charge on any atom is 0.122 e. The van der Waals surface area contributed by atoms with Crippen molar-refractivity contribution < 1.29 is 4.74 Å². The standard InChI is InChI=1S/C24H28N4OS2/c1-27(2)31-22-9-7-21(8-10-22)30-26-23-5-3-4-6-24(23)28-17-13-20(14-18-28)29-19-11-15-25-16-12-19/h3-12,15-16,20,26H,13-14,17-18H2,1-2H3. The maximum absolute atomic E-state index is 6.12. The first-order valence-electron chi connectivity index (χ1n) is 10.5. The number of pyridine rings is 1. The van der Waals surface area contributed by atoms with Crippen LogP contribution in [-0.4, -0.2) is 42.6 Å². The number of anilines is 2. The highest BCUT2D eigenvalue weighted by atomic mass is 32.2. The number of nitrogens with zero attached hydrogens (tertiary/aromatic N) is 3. The second-order valence-electron chi connectivity index (χ2n) is 7.58. The zero-order valence-electron chi connectivity index (χ0n) is 17.9. The van der Waals surface area contributed by atoms with E-state index in [0.29, 0.717) is 0 Å². The molecule has 0 amide bonds. The van der Waals surface area contributed by atoms with E-state index in [9.17, 15) is 0 Å². The molecule has 1 fully saturated rings. The molecule has 0 atom stereocenters. The Bertz CT molecular complexity index is 945. The van der Waals surface area contributed by atoms with Crippen molar-refractivity contribution in [2.45, 2.75) is 28.7 Å². The molecule has 0 radical (unpaired) electrons. The summed E-state index contributed by atoms with van der Waals surface area (Å²) in [4.78, 5) is 8.94. The van der Waals surface area contributed by atoms with Gasteiger partial charge in [-0.1, -0.05) is 12.1 Å². The highest BCUT2D eigenvalue weighted by molar-refractivity contribution is 8.00. The van der Waals surface area contributed by atoms with Crippen molar-refractivity contribution in [2.75, 3.05) is 36.8 Å². The van der Waals surface area contributed by atoms with Crippen LogP contribution in [0.3, 0.4) is 0 Å². The Morgan fingerprint density at radius 3 is 2.32 bits per heavy atom. The molecule has 0 aliphatic carbocycles. The molecule has 2 heterocycles. The number of hydrogen-bond donors (Lipinski definition) is 1. The van der Waals surface area contributed by atoms with Gasteiger partial charge in [0, 0.05) is 48.1 Å². The first-order chi connectivity index (χ1) is 15.2. The van der Waals surface area contributed by atoms with Gasteiger partial charge in [-0.15, -0.1) is 0 Å². The number of rotatable bonds is 8. The molecule has 0 spiro atoms. The first kappa shape index (κ1) is 21.9. The summed E-state index contributed by atoms with van der Waals surface area (Å²) >= 11 is 3.38. The predicted molar refractivity (Wildman–Crippen MR) is 132 cm³/mol. The normalized spacial score (nSPS) is 14.6. The number of ether oxygens (including phenoxy) is 1. The minimum Gasteiger partial charge on any atom is -0.490 e. The zero-order valence-corrected chi connectivity index (χ0v) is 19.5. The fourth-order valence-electron chi connectivity index (χ4n) is 3.55. The molecule has 2 aromatic carbocycles. The van der Waals surface area contributed by atoms with Crippen molar-refractivity contribution in [3.05, 3.63) is 73.1 Å². The second-order valence-corrected chi connectivity index (χ2v) is 9.85. The molecule has 7 heteroatoms. The molecule has 0 bridgehead atoms. The molecular weight excluding hydrogens is 424 g/mol. The second kappa shape index (κ2) is 10.8. The van der Waals surface area contributed by atoms with Crippen LogP contribution in [0.5, 0.6) is 5.75 Å². The van der Waals surface area contributed by atoms with Gasteiger partial charge in [-0.2, -0.15) is 0 Å². The van der Waals surface area contributed by atoms with Crippen molar-refractivity contribution in [1.29, 1.82) is 0 Å². The number of piperidine rings is 1. The van der Waals surface area contributed by atoms with Gasteiger partial charge in [0.2, 0.25) is 0 Å². The van der Waals surface area contributed by atoms with Crippen LogP contribution in [0.4, 0.5) is 11.4 Å². The summed E-state index contributed by atoms with van der Waals surface area (Å²) in [6.07, 6.45) is 5.83. The van der Waals surface area contributed by atoms with Crippen LogP contribution >= 0.6 is 23.9 Å². The number of nitrogens with one attached hydrogen (secondary N) is 1. The van der Waals surface area contributed by atoms with Gasteiger partial charge in [-0.3, -0.25) is 9.29 Å². The highest BCUT2D eigenvalue weighted by Crippen LogP contribution is 2.33. The molecule has 1 saturated heterocycles. The third kappa shape index (κ3) is 6.32. The van der Waals surface area contributed by atoms with E-state index in [2.05, 4.69) is 81.5 Å². The highest BCUT2D eigenvalue weighted by Gasteiger charge is 2.22. The van der Waals surface area contributed by atoms with Gasteiger partial charge in [0.1, 0.15) is 11.9 Å². The Morgan fingerprint density at radius 1 is 0.935 bits per heavy atom. The topological polar surface area (TPSA) is 40.6 Å². The van der Waals surface area contributed by atoms with Crippen LogP contribution in [-0.2, 0) is 0 Å². The summed E-state index contributed by atoms with van der Waals surface area (Å²) in [6, 6.07) is 21.0. The Labute approximate surface area is 193 Å². The van der Waals surface area contributed by atoms with Crippen LogP contribution in [0.15, 0.2) is 82.8 Å². The molecule has 0 unspecified atom stereocenters. The molecule has 31 heavy (non-hydrogen) atoms. The number of aromatic nitrogens is 1. The van der Waals surface area contributed by atoms with E-state index in [-0.39, 0.29) is 6.10 Å². The third-order valence-corrected chi connectivity index (χ3v) is 6.71. The van der Waals surface area contributed by atoms with Crippen LogP contribution in [0.1, 0.15) is 12.8 Å². The summed E-state index contributed by atoms with van der Waals surface area (Å²) in [5, 5.41) is 0. The molecule has 3 aromatic rings. The van der Waals surface area contributed by atoms with Gasteiger partial charge in [-0.25, -0.2) is 0 Å². The van der Waals surface area contributed by atoms with Gasteiger partial charge in [0.15, 0.2) is 0 Å². The third-order valence-electron chi connectivity index (χ3n) is 5.03. The maximum atomic E-state index is 6.12. The van der Waals surface area contributed by atoms with E-state index < -0.39 is 0 Å². The van der Waals surface area contributed by atoms with Gasteiger partial charge in [0.25, 0.3) is 0 Å². The molecule has 0 saturated carbocycles. The quantitative estimate of drug-likeness (QED) is 0.432. The Balaban J connectivity index is 1.33.